The molecule has 1 aromatic carbocycles. The van der Waals surface area contributed by atoms with Crippen LogP contribution in [-0.2, 0) is 0 Å². The van der Waals surface area contributed by atoms with Crippen molar-refractivity contribution in [3.63, 3.8) is 0 Å². The summed E-state index contributed by atoms with van der Waals surface area (Å²) in [5, 5.41) is 21.2. The van der Waals surface area contributed by atoms with Crippen molar-refractivity contribution in [2.24, 2.45) is 0 Å². The van der Waals surface area contributed by atoms with E-state index in [9.17, 15) is 14.4 Å². The van der Waals surface area contributed by atoms with Gasteiger partial charge in [-0.3, -0.25) is 14.7 Å². The molecule has 1 fully saturated rings. The molecule has 12 heteroatoms. The van der Waals surface area contributed by atoms with E-state index in [2.05, 4.69) is 42.7 Å². The number of fused-ring (bicyclic) bond motifs is 1. The molecule has 1 aliphatic rings. The van der Waals surface area contributed by atoms with Crippen molar-refractivity contribution in [2.45, 2.75) is 0 Å². The van der Waals surface area contributed by atoms with E-state index in [0.29, 0.717) is 16.9 Å². The molecule has 0 spiro atoms. The minimum absolute atomic E-state index is 0.0438. The predicted octanol–water partition coefficient (Wildman–Crippen LogP) is 2.44. The lowest BCUT2D eigenvalue weighted by atomic mass is 10.1. The average Bonchev–Trinajstić information content (AvgIpc) is 3.58. The summed E-state index contributed by atoms with van der Waals surface area (Å²) in [7, 11) is 2.07. The van der Waals surface area contributed by atoms with Crippen molar-refractivity contribution in [3.8, 4) is 0 Å². The first-order valence-electron chi connectivity index (χ1n) is 10.9. The van der Waals surface area contributed by atoms with Crippen molar-refractivity contribution in [2.75, 3.05) is 48.8 Å². The topological polar surface area (TPSA) is 160 Å². The molecular weight excluding hydrogens is 454 g/mol. The highest BCUT2D eigenvalue weighted by Crippen LogP contribution is 2.28. The molecule has 35 heavy (non-hydrogen) atoms. The maximum absolute atomic E-state index is 13.2. The molecule has 5 rings (SSSR count). The molecule has 0 radical (unpaired) electrons. The quantitative estimate of drug-likeness (QED) is 0.283. The molecule has 5 N–H and O–H groups in total. The molecule has 0 aliphatic carbocycles. The number of rotatable bonds is 6. The minimum atomic E-state index is -1.24. The molecule has 0 atom stereocenters. The van der Waals surface area contributed by atoms with Crippen LogP contribution in [0.15, 0.2) is 47.0 Å². The highest BCUT2D eigenvalue weighted by molar-refractivity contribution is 6.13. The molecular formula is C23H23N7O5. The van der Waals surface area contributed by atoms with E-state index in [-0.39, 0.29) is 28.6 Å². The van der Waals surface area contributed by atoms with Crippen molar-refractivity contribution in [3.05, 3.63) is 59.6 Å². The van der Waals surface area contributed by atoms with E-state index >= 15 is 0 Å². The van der Waals surface area contributed by atoms with Gasteiger partial charge in [0.25, 0.3) is 11.8 Å². The van der Waals surface area contributed by atoms with Crippen LogP contribution in [0.1, 0.15) is 31.4 Å². The lowest BCUT2D eigenvalue weighted by molar-refractivity contribution is 0.0664. The van der Waals surface area contributed by atoms with Gasteiger partial charge >= 0.3 is 5.97 Å². The number of anilines is 3. The molecule has 1 aliphatic heterocycles. The van der Waals surface area contributed by atoms with E-state index in [1.165, 1.54) is 6.07 Å². The van der Waals surface area contributed by atoms with Crippen LogP contribution in [0.4, 0.5) is 17.2 Å². The number of carbonyl (C=O) groups excluding carboxylic acids is 2. The fourth-order valence-corrected chi connectivity index (χ4v) is 3.94. The number of H-pyrrole nitrogens is 2. The number of aromatic nitrogens is 3. The SMILES string of the molecule is CN1CCN(c2ccc(C(=O)Nc3n[nH]c4cc(C(=O)O)oc34)c(NC(=O)c3ccc[nH]3)c2)CC1. The number of furan rings is 1. The Morgan fingerprint density at radius 3 is 2.57 bits per heavy atom. The number of nitrogens with one attached hydrogen (secondary N) is 4. The first kappa shape index (κ1) is 22.2. The first-order chi connectivity index (χ1) is 16.9. The molecule has 12 nitrogen and oxygen atoms in total. The Hall–Kier alpha value is -4.58. The van der Waals surface area contributed by atoms with Crippen LogP contribution in [0.2, 0.25) is 0 Å². The molecule has 180 valence electrons. The molecule has 0 unspecified atom stereocenters. The number of nitrogens with zero attached hydrogens (tertiary/aromatic N) is 3. The van der Waals surface area contributed by atoms with Gasteiger partial charge < -0.3 is 34.9 Å². The third-order valence-electron chi connectivity index (χ3n) is 5.89. The monoisotopic (exact) mass is 477 g/mol. The summed E-state index contributed by atoms with van der Waals surface area (Å²) in [6.07, 6.45) is 1.64. The molecule has 4 aromatic rings. The Morgan fingerprint density at radius 2 is 1.86 bits per heavy atom. The van der Waals surface area contributed by atoms with Crippen molar-refractivity contribution >= 4 is 46.1 Å². The lowest BCUT2D eigenvalue weighted by Gasteiger charge is -2.34. The van der Waals surface area contributed by atoms with Crippen LogP contribution in [0, 0.1) is 0 Å². The number of hydrogen-bond acceptors (Lipinski definition) is 7. The highest BCUT2D eigenvalue weighted by Gasteiger charge is 2.22. The van der Waals surface area contributed by atoms with Gasteiger partial charge in [-0.2, -0.15) is 5.10 Å². The Kier molecular flexibility index (Phi) is 5.71. The van der Waals surface area contributed by atoms with Crippen LogP contribution in [-0.4, -0.2) is 76.2 Å². The maximum Gasteiger partial charge on any atom is 0.371 e. The largest absolute Gasteiger partial charge is 0.475 e. The zero-order valence-electron chi connectivity index (χ0n) is 18.8. The summed E-state index contributed by atoms with van der Waals surface area (Å²) in [5.41, 5.74) is 2.23. The van der Waals surface area contributed by atoms with Gasteiger partial charge in [-0.15, -0.1) is 0 Å². The van der Waals surface area contributed by atoms with Gasteiger partial charge in [0.15, 0.2) is 11.4 Å². The van der Waals surface area contributed by atoms with E-state index in [1.807, 2.05) is 6.07 Å². The highest BCUT2D eigenvalue weighted by atomic mass is 16.4. The zero-order chi connectivity index (χ0) is 24.5. The van der Waals surface area contributed by atoms with E-state index in [0.717, 1.165) is 31.9 Å². The molecule has 1 saturated heterocycles. The molecule has 2 amide bonds. The Bertz CT molecular complexity index is 1400. The van der Waals surface area contributed by atoms with Crippen molar-refractivity contribution < 1.29 is 23.9 Å². The number of piperazine rings is 1. The normalized spacial score (nSPS) is 14.3. The van der Waals surface area contributed by atoms with Gasteiger partial charge in [0.05, 0.1) is 11.3 Å². The second-order valence-corrected chi connectivity index (χ2v) is 8.24. The number of carbonyl (C=O) groups is 3. The van der Waals surface area contributed by atoms with Crippen LogP contribution in [0.3, 0.4) is 0 Å². The first-order valence-corrected chi connectivity index (χ1v) is 10.9. The Balaban J connectivity index is 1.45. The summed E-state index contributed by atoms with van der Waals surface area (Å²) in [5.74, 6) is -2.40. The van der Waals surface area contributed by atoms with E-state index in [1.54, 1.807) is 30.5 Å². The van der Waals surface area contributed by atoms with Crippen LogP contribution >= 0.6 is 0 Å². The summed E-state index contributed by atoms with van der Waals surface area (Å²) >= 11 is 0. The van der Waals surface area contributed by atoms with Crippen molar-refractivity contribution in [1.29, 1.82) is 0 Å². The summed E-state index contributed by atoms with van der Waals surface area (Å²) in [6, 6.07) is 9.88. The third kappa shape index (κ3) is 4.46. The van der Waals surface area contributed by atoms with Gasteiger partial charge in [-0.05, 0) is 37.4 Å². The Morgan fingerprint density at radius 1 is 1.06 bits per heavy atom. The number of aromatic carboxylic acids is 1. The number of amides is 2. The molecule has 3 aromatic heterocycles. The average molecular weight is 477 g/mol. The maximum atomic E-state index is 13.2. The number of carboxylic acids is 1. The van der Waals surface area contributed by atoms with Gasteiger partial charge in [-0.25, -0.2) is 4.79 Å². The number of likely N-dealkylation sites (N-methyl/N-ethyl adjacent to an activating group) is 1. The molecule has 0 saturated carbocycles. The van der Waals surface area contributed by atoms with Crippen molar-refractivity contribution in [1.82, 2.24) is 20.1 Å². The smallest absolute Gasteiger partial charge is 0.371 e. The molecule has 4 heterocycles. The van der Waals surface area contributed by atoms with Crippen LogP contribution in [0.25, 0.3) is 11.1 Å². The van der Waals surface area contributed by atoms with E-state index in [4.69, 9.17) is 9.52 Å². The fraction of sp³-hybridized carbons (Fsp3) is 0.217. The number of benzene rings is 1. The summed E-state index contributed by atoms with van der Waals surface area (Å²) in [4.78, 5) is 44.4. The lowest BCUT2D eigenvalue weighted by Crippen LogP contribution is -2.44. The minimum Gasteiger partial charge on any atom is -0.475 e. The van der Waals surface area contributed by atoms with Crippen LogP contribution in [0.5, 0.6) is 0 Å². The number of hydrogen-bond donors (Lipinski definition) is 5. The second-order valence-electron chi connectivity index (χ2n) is 8.24. The summed E-state index contributed by atoms with van der Waals surface area (Å²) < 4.78 is 5.30. The number of carboxylic acid groups (broad SMARTS) is 1. The fourth-order valence-electron chi connectivity index (χ4n) is 3.94. The zero-order valence-corrected chi connectivity index (χ0v) is 18.8. The molecule has 0 bridgehead atoms. The predicted molar refractivity (Wildman–Crippen MR) is 128 cm³/mol. The third-order valence-corrected chi connectivity index (χ3v) is 5.89. The standard InChI is InChI=1S/C23H23N7O5/c1-29-7-9-30(10-8-29)13-4-5-14(16(11-13)25-22(32)15-3-2-6-24-15)21(31)26-20-19-17(27-28-20)12-18(35-19)23(33)34/h2-6,11-12,24H,7-10H2,1H3,(H,25,32)(H,33,34)(H2,26,27,28,31). The summed E-state index contributed by atoms with van der Waals surface area (Å²) in [6.45, 7) is 3.45. The van der Waals surface area contributed by atoms with E-state index < -0.39 is 11.9 Å². The van der Waals surface area contributed by atoms with Crippen LogP contribution < -0.4 is 15.5 Å². The Labute approximate surface area is 198 Å². The number of aromatic amines is 2. The second kappa shape index (κ2) is 8.99. The van der Waals surface area contributed by atoms with Gasteiger partial charge in [-0.1, -0.05) is 0 Å². The van der Waals surface area contributed by atoms with Gasteiger partial charge in [0.2, 0.25) is 5.76 Å². The van der Waals surface area contributed by atoms with Gasteiger partial charge in [0.1, 0.15) is 11.2 Å². The van der Waals surface area contributed by atoms with Gasteiger partial charge in [0, 0.05) is 44.1 Å².